The van der Waals surface area contributed by atoms with Crippen LogP contribution in [-0.2, 0) is 0 Å². The van der Waals surface area contributed by atoms with Gasteiger partial charge in [0.05, 0.1) is 16.8 Å². The van der Waals surface area contributed by atoms with E-state index in [1.165, 1.54) is 0 Å². The van der Waals surface area contributed by atoms with Gasteiger partial charge in [-0.15, -0.1) is 0 Å². The van der Waals surface area contributed by atoms with Crippen molar-refractivity contribution in [3.63, 3.8) is 0 Å². The van der Waals surface area contributed by atoms with Crippen molar-refractivity contribution < 1.29 is 9.90 Å². The van der Waals surface area contributed by atoms with Crippen LogP contribution in [0.4, 0.5) is 0 Å². The summed E-state index contributed by atoms with van der Waals surface area (Å²) in [5.74, 6) is -0.954. The van der Waals surface area contributed by atoms with Gasteiger partial charge in [-0.1, -0.05) is 47.5 Å². The molecule has 0 saturated heterocycles. The molecule has 2 aromatic carbocycles. The Labute approximate surface area is 139 Å². The van der Waals surface area contributed by atoms with Gasteiger partial charge in [-0.25, -0.2) is 9.78 Å². The van der Waals surface area contributed by atoms with E-state index >= 15 is 0 Å². The molecule has 116 valence electrons. The first kappa shape index (κ1) is 15.5. The molecule has 0 amide bonds. The van der Waals surface area contributed by atoms with Crippen LogP contribution in [0, 0.1) is 20.8 Å². The molecule has 23 heavy (non-hydrogen) atoms. The van der Waals surface area contributed by atoms with Gasteiger partial charge in [0.25, 0.3) is 0 Å². The number of carboxylic acids is 1. The molecule has 0 atom stereocenters. The molecule has 3 aromatic rings. The fourth-order valence-electron chi connectivity index (χ4n) is 2.81. The van der Waals surface area contributed by atoms with Crippen molar-refractivity contribution in [1.82, 2.24) is 4.98 Å². The number of benzene rings is 2. The number of aromatic nitrogens is 1. The Kier molecular flexibility index (Phi) is 3.82. The van der Waals surface area contributed by atoms with Crippen LogP contribution in [0.2, 0.25) is 5.02 Å². The van der Waals surface area contributed by atoms with Crippen molar-refractivity contribution in [3.05, 3.63) is 63.7 Å². The van der Waals surface area contributed by atoms with Crippen molar-refractivity contribution in [2.45, 2.75) is 20.8 Å². The zero-order valence-corrected chi connectivity index (χ0v) is 13.9. The SMILES string of the molecule is Cc1ccc(-c2nc3c(C)c(Cl)ccc3c(C(=O)O)c2C)cc1. The number of carboxylic acid groups (broad SMARTS) is 1. The number of halogens is 1. The van der Waals surface area contributed by atoms with Gasteiger partial charge in [-0.2, -0.15) is 0 Å². The fourth-order valence-corrected chi connectivity index (χ4v) is 2.96. The molecule has 0 bridgehead atoms. The number of carbonyl (C=O) groups is 1. The minimum atomic E-state index is -0.954. The highest BCUT2D eigenvalue weighted by Crippen LogP contribution is 2.33. The minimum Gasteiger partial charge on any atom is -0.478 e. The number of hydrogen-bond acceptors (Lipinski definition) is 2. The van der Waals surface area contributed by atoms with E-state index in [9.17, 15) is 9.90 Å². The van der Waals surface area contributed by atoms with Gasteiger partial charge in [-0.3, -0.25) is 0 Å². The molecule has 0 saturated carbocycles. The van der Waals surface area contributed by atoms with E-state index in [4.69, 9.17) is 16.6 Å². The number of pyridine rings is 1. The third-order valence-electron chi connectivity index (χ3n) is 4.13. The van der Waals surface area contributed by atoms with Crippen LogP contribution in [0.5, 0.6) is 0 Å². The van der Waals surface area contributed by atoms with Gasteiger partial charge in [0.1, 0.15) is 0 Å². The molecule has 0 unspecified atom stereocenters. The lowest BCUT2D eigenvalue weighted by atomic mass is 9.96. The Morgan fingerprint density at radius 2 is 1.65 bits per heavy atom. The van der Waals surface area contributed by atoms with Gasteiger partial charge >= 0.3 is 5.97 Å². The highest BCUT2D eigenvalue weighted by Gasteiger charge is 2.19. The maximum Gasteiger partial charge on any atom is 0.336 e. The van der Waals surface area contributed by atoms with Crippen LogP contribution in [0.3, 0.4) is 0 Å². The minimum absolute atomic E-state index is 0.283. The van der Waals surface area contributed by atoms with Crippen LogP contribution in [0.15, 0.2) is 36.4 Å². The van der Waals surface area contributed by atoms with Crippen LogP contribution in [-0.4, -0.2) is 16.1 Å². The number of rotatable bonds is 2. The molecule has 0 fully saturated rings. The molecule has 1 heterocycles. The molecule has 1 N–H and O–H groups in total. The maximum atomic E-state index is 11.8. The van der Waals surface area contributed by atoms with Gasteiger partial charge < -0.3 is 5.11 Å². The Balaban J connectivity index is 2.43. The topological polar surface area (TPSA) is 50.2 Å². The van der Waals surface area contributed by atoms with E-state index in [2.05, 4.69) is 0 Å². The van der Waals surface area contributed by atoms with Gasteiger partial charge in [0.2, 0.25) is 0 Å². The second kappa shape index (κ2) is 5.67. The van der Waals surface area contributed by atoms with Crippen LogP contribution >= 0.6 is 11.6 Å². The lowest BCUT2D eigenvalue weighted by Crippen LogP contribution is -2.05. The first-order valence-corrected chi connectivity index (χ1v) is 7.67. The Hall–Kier alpha value is -2.39. The van der Waals surface area contributed by atoms with E-state index in [0.29, 0.717) is 27.2 Å². The second-order valence-corrected chi connectivity index (χ2v) is 6.11. The van der Waals surface area contributed by atoms with Crippen LogP contribution < -0.4 is 0 Å². The Morgan fingerprint density at radius 1 is 1.00 bits per heavy atom. The van der Waals surface area contributed by atoms with Crippen molar-refractivity contribution in [2.24, 2.45) is 0 Å². The molecule has 0 aliphatic carbocycles. The predicted molar refractivity (Wildman–Crippen MR) is 93.4 cm³/mol. The van der Waals surface area contributed by atoms with E-state index in [1.54, 1.807) is 19.1 Å². The van der Waals surface area contributed by atoms with Crippen molar-refractivity contribution >= 4 is 28.5 Å². The van der Waals surface area contributed by atoms with E-state index in [-0.39, 0.29) is 5.56 Å². The van der Waals surface area contributed by atoms with Gasteiger partial charge in [0.15, 0.2) is 0 Å². The first-order chi connectivity index (χ1) is 10.9. The van der Waals surface area contributed by atoms with Crippen LogP contribution in [0.25, 0.3) is 22.2 Å². The van der Waals surface area contributed by atoms with Gasteiger partial charge in [-0.05, 0) is 38.0 Å². The number of hydrogen-bond donors (Lipinski definition) is 1. The molecule has 3 nitrogen and oxygen atoms in total. The highest BCUT2D eigenvalue weighted by atomic mass is 35.5. The average Bonchev–Trinajstić information content (AvgIpc) is 2.51. The monoisotopic (exact) mass is 325 g/mol. The van der Waals surface area contributed by atoms with Crippen molar-refractivity contribution in [1.29, 1.82) is 0 Å². The number of nitrogens with zero attached hydrogens (tertiary/aromatic N) is 1. The number of aromatic carboxylic acids is 1. The fraction of sp³-hybridized carbons (Fsp3) is 0.158. The summed E-state index contributed by atoms with van der Waals surface area (Å²) < 4.78 is 0. The van der Waals surface area contributed by atoms with E-state index < -0.39 is 5.97 Å². The zero-order valence-electron chi connectivity index (χ0n) is 13.1. The lowest BCUT2D eigenvalue weighted by molar-refractivity contribution is 0.0698. The average molecular weight is 326 g/mol. The molecular weight excluding hydrogens is 310 g/mol. The Bertz CT molecular complexity index is 930. The summed E-state index contributed by atoms with van der Waals surface area (Å²) in [5.41, 5.74) is 5.10. The number of aryl methyl sites for hydroxylation is 2. The Morgan fingerprint density at radius 3 is 2.26 bits per heavy atom. The summed E-state index contributed by atoms with van der Waals surface area (Å²) in [7, 11) is 0. The summed E-state index contributed by atoms with van der Waals surface area (Å²) in [4.78, 5) is 16.5. The van der Waals surface area contributed by atoms with Crippen molar-refractivity contribution in [2.75, 3.05) is 0 Å². The quantitative estimate of drug-likeness (QED) is 0.706. The second-order valence-electron chi connectivity index (χ2n) is 5.70. The summed E-state index contributed by atoms with van der Waals surface area (Å²) in [6, 6.07) is 11.4. The standard InChI is InChI=1S/C19H16ClNO2/c1-10-4-6-13(7-5-10)17-12(3)16(19(22)23)14-8-9-15(20)11(2)18(14)21-17/h4-9H,1-3H3,(H,22,23). The third-order valence-corrected chi connectivity index (χ3v) is 4.54. The lowest BCUT2D eigenvalue weighted by Gasteiger charge is -2.14. The predicted octanol–water partition coefficient (Wildman–Crippen LogP) is 5.18. The van der Waals surface area contributed by atoms with Crippen molar-refractivity contribution in [3.8, 4) is 11.3 Å². The highest BCUT2D eigenvalue weighted by molar-refractivity contribution is 6.32. The molecule has 0 aliphatic heterocycles. The third kappa shape index (κ3) is 2.57. The maximum absolute atomic E-state index is 11.8. The zero-order chi connectivity index (χ0) is 16.7. The van der Waals surface area contributed by atoms with E-state index in [0.717, 1.165) is 16.7 Å². The normalized spacial score (nSPS) is 11.0. The molecule has 3 rings (SSSR count). The molecule has 1 aromatic heterocycles. The first-order valence-electron chi connectivity index (χ1n) is 7.30. The molecule has 0 radical (unpaired) electrons. The summed E-state index contributed by atoms with van der Waals surface area (Å²) in [6.45, 7) is 5.67. The van der Waals surface area contributed by atoms with Gasteiger partial charge in [0, 0.05) is 16.0 Å². The smallest absolute Gasteiger partial charge is 0.336 e. The largest absolute Gasteiger partial charge is 0.478 e. The summed E-state index contributed by atoms with van der Waals surface area (Å²) >= 11 is 6.19. The molecule has 0 spiro atoms. The molecule has 4 heteroatoms. The molecule has 0 aliphatic rings. The summed E-state index contributed by atoms with van der Waals surface area (Å²) in [6.07, 6.45) is 0. The molecular formula is C19H16ClNO2. The van der Waals surface area contributed by atoms with Crippen LogP contribution in [0.1, 0.15) is 27.0 Å². The number of fused-ring (bicyclic) bond motifs is 1. The summed E-state index contributed by atoms with van der Waals surface area (Å²) in [5, 5.41) is 10.9. The van der Waals surface area contributed by atoms with E-state index in [1.807, 2.05) is 38.1 Å².